The number of rotatable bonds is 4. The summed E-state index contributed by atoms with van der Waals surface area (Å²) >= 11 is 0. The van der Waals surface area contributed by atoms with Gasteiger partial charge >= 0.3 is 0 Å². The maximum atomic E-state index is 12.3. The molecule has 1 fully saturated rings. The van der Waals surface area contributed by atoms with Gasteiger partial charge in [-0.1, -0.05) is 56.4 Å². The SMILES string of the molecule is O=C(N[C@H]1c2ccccc2C[C@@H]1O)C(O)CC1CCCCC1. The number of carbonyl (C=O) groups excluding carboxylic acids is 1. The standard InChI is InChI=1S/C18H25NO3/c20-15-11-13-8-4-5-9-14(13)17(15)19-18(22)16(21)10-12-6-2-1-3-7-12/h4-5,8-9,12,15-17,20-21H,1-3,6-7,10-11H2,(H,19,22)/t15-,16?,17-/m0/s1. The Hall–Kier alpha value is -1.39. The zero-order valence-corrected chi connectivity index (χ0v) is 12.9. The average Bonchev–Trinajstić information content (AvgIpc) is 2.84. The van der Waals surface area contributed by atoms with Gasteiger partial charge < -0.3 is 15.5 Å². The number of fused-ring (bicyclic) bond motifs is 1. The second-order valence-corrected chi connectivity index (χ2v) is 6.71. The number of carbonyl (C=O) groups is 1. The molecule has 3 atom stereocenters. The van der Waals surface area contributed by atoms with E-state index >= 15 is 0 Å². The molecule has 22 heavy (non-hydrogen) atoms. The molecule has 120 valence electrons. The van der Waals surface area contributed by atoms with Gasteiger partial charge in [0.15, 0.2) is 0 Å². The van der Waals surface area contributed by atoms with Crippen molar-refractivity contribution in [2.45, 2.75) is 63.2 Å². The smallest absolute Gasteiger partial charge is 0.249 e. The minimum absolute atomic E-state index is 0.355. The van der Waals surface area contributed by atoms with Crippen molar-refractivity contribution < 1.29 is 15.0 Å². The third-order valence-electron chi connectivity index (χ3n) is 5.09. The van der Waals surface area contributed by atoms with Crippen molar-refractivity contribution in [2.24, 2.45) is 5.92 Å². The number of benzene rings is 1. The number of aliphatic hydroxyl groups is 2. The van der Waals surface area contributed by atoms with Crippen molar-refractivity contribution in [3.8, 4) is 0 Å². The van der Waals surface area contributed by atoms with Gasteiger partial charge in [-0.15, -0.1) is 0 Å². The molecule has 0 spiro atoms. The summed E-state index contributed by atoms with van der Waals surface area (Å²) in [5.74, 6) is 0.0987. The van der Waals surface area contributed by atoms with E-state index in [0.717, 1.165) is 24.0 Å². The first-order chi connectivity index (χ1) is 10.6. The molecular weight excluding hydrogens is 278 g/mol. The van der Waals surface area contributed by atoms with Crippen LogP contribution in [0.5, 0.6) is 0 Å². The van der Waals surface area contributed by atoms with Crippen LogP contribution in [-0.4, -0.2) is 28.3 Å². The molecule has 4 nitrogen and oxygen atoms in total. The Morgan fingerprint density at radius 1 is 1.23 bits per heavy atom. The number of hydrogen-bond acceptors (Lipinski definition) is 3. The van der Waals surface area contributed by atoms with E-state index in [2.05, 4.69) is 5.32 Å². The molecule has 3 rings (SSSR count). The minimum Gasteiger partial charge on any atom is -0.390 e. The number of nitrogens with one attached hydrogen (secondary N) is 1. The second-order valence-electron chi connectivity index (χ2n) is 6.71. The summed E-state index contributed by atoms with van der Waals surface area (Å²) in [5, 5.41) is 23.2. The fourth-order valence-corrected chi connectivity index (χ4v) is 3.84. The molecule has 4 heteroatoms. The fraction of sp³-hybridized carbons (Fsp3) is 0.611. The third kappa shape index (κ3) is 3.33. The van der Waals surface area contributed by atoms with E-state index < -0.39 is 18.2 Å². The molecule has 1 aromatic carbocycles. The third-order valence-corrected chi connectivity index (χ3v) is 5.09. The highest BCUT2D eigenvalue weighted by Gasteiger charge is 2.33. The molecule has 0 aromatic heterocycles. The molecule has 1 saturated carbocycles. The highest BCUT2D eigenvalue weighted by molar-refractivity contribution is 5.81. The monoisotopic (exact) mass is 303 g/mol. The van der Waals surface area contributed by atoms with Crippen molar-refractivity contribution in [1.29, 1.82) is 0 Å². The summed E-state index contributed by atoms with van der Waals surface area (Å²) in [6.07, 6.45) is 5.41. The predicted octanol–water partition coefficient (Wildman–Crippen LogP) is 2.09. The quantitative estimate of drug-likeness (QED) is 0.798. The normalized spacial score (nSPS) is 26.5. The largest absolute Gasteiger partial charge is 0.390 e. The van der Waals surface area contributed by atoms with Gasteiger partial charge in [-0.25, -0.2) is 0 Å². The summed E-state index contributed by atoms with van der Waals surface area (Å²) in [6, 6.07) is 7.36. The zero-order valence-electron chi connectivity index (χ0n) is 12.9. The first kappa shape index (κ1) is 15.5. The number of hydrogen-bond donors (Lipinski definition) is 3. The van der Waals surface area contributed by atoms with Crippen LogP contribution in [0, 0.1) is 5.92 Å². The van der Waals surface area contributed by atoms with Gasteiger partial charge in [-0.2, -0.15) is 0 Å². The average molecular weight is 303 g/mol. The molecule has 2 aliphatic rings. The summed E-state index contributed by atoms with van der Waals surface area (Å²) in [7, 11) is 0. The summed E-state index contributed by atoms with van der Waals surface area (Å²) < 4.78 is 0. The molecular formula is C18H25NO3. The van der Waals surface area contributed by atoms with Gasteiger partial charge in [0, 0.05) is 6.42 Å². The fourth-order valence-electron chi connectivity index (χ4n) is 3.84. The van der Waals surface area contributed by atoms with Gasteiger partial charge in [-0.3, -0.25) is 4.79 Å². The lowest BCUT2D eigenvalue weighted by Crippen LogP contribution is -2.41. The molecule has 0 heterocycles. The van der Waals surface area contributed by atoms with Crippen molar-refractivity contribution in [2.75, 3.05) is 0 Å². The van der Waals surface area contributed by atoms with Crippen molar-refractivity contribution >= 4 is 5.91 Å². The highest BCUT2D eigenvalue weighted by atomic mass is 16.3. The van der Waals surface area contributed by atoms with Crippen molar-refractivity contribution in [1.82, 2.24) is 5.32 Å². The Balaban J connectivity index is 1.59. The molecule has 2 aliphatic carbocycles. The van der Waals surface area contributed by atoms with Crippen LogP contribution in [0.25, 0.3) is 0 Å². The molecule has 0 saturated heterocycles. The molecule has 0 aliphatic heterocycles. The topological polar surface area (TPSA) is 69.6 Å². The highest BCUT2D eigenvalue weighted by Crippen LogP contribution is 2.32. The molecule has 1 amide bonds. The lowest BCUT2D eigenvalue weighted by atomic mass is 9.85. The number of aliphatic hydroxyl groups excluding tert-OH is 2. The van der Waals surface area contributed by atoms with Crippen molar-refractivity contribution in [3.05, 3.63) is 35.4 Å². The number of amides is 1. The van der Waals surface area contributed by atoms with Crippen LogP contribution in [-0.2, 0) is 11.2 Å². The van der Waals surface area contributed by atoms with Gasteiger partial charge in [0.25, 0.3) is 0 Å². The summed E-state index contributed by atoms with van der Waals surface area (Å²) in [4.78, 5) is 12.3. The Kier molecular flexibility index (Phi) is 4.79. The summed E-state index contributed by atoms with van der Waals surface area (Å²) in [5.41, 5.74) is 2.04. The first-order valence-electron chi connectivity index (χ1n) is 8.39. The lowest BCUT2D eigenvalue weighted by Gasteiger charge is -2.25. The Morgan fingerprint density at radius 3 is 2.73 bits per heavy atom. The second kappa shape index (κ2) is 6.80. The van der Waals surface area contributed by atoms with E-state index in [1.807, 2.05) is 24.3 Å². The Morgan fingerprint density at radius 2 is 1.95 bits per heavy atom. The van der Waals surface area contributed by atoms with Crippen LogP contribution in [0.3, 0.4) is 0 Å². The predicted molar refractivity (Wildman–Crippen MR) is 84.2 cm³/mol. The van der Waals surface area contributed by atoms with Gasteiger partial charge in [-0.05, 0) is 23.5 Å². The van der Waals surface area contributed by atoms with Gasteiger partial charge in [0.2, 0.25) is 5.91 Å². The van der Waals surface area contributed by atoms with E-state index in [1.165, 1.54) is 19.3 Å². The van der Waals surface area contributed by atoms with Crippen molar-refractivity contribution in [3.63, 3.8) is 0 Å². The van der Waals surface area contributed by atoms with E-state index in [0.29, 0.717) is 18.8 Å². The van der Waals surface area contributed by atoms with Crippen LogP contribution in [0.4, 0.5) is 0 Å². The minimum atomic E-state index is -0.969. The maximum absolute atomic E-state index is 12.3. The van der Waals surface area contributed by atoms with Crippen LogP contribution >= 0.6 is 0 Å². The van der Waals surface area contributed by atoms with Gasteiger partial charge in [0.05, 0.1) is 12.1 Å². The zero-order chi connectivity index (χ0) is 15.5. The van der Waals surface area contributed by atoms with E-state index in [9.17, 15) is 15.0 Å². The van der Waals surface area contributed by atoms with Crippen LogP contribution < -0.4 is 5.32 Å². The molecule has 1 unspecified atom stereocenters. The molecule has 3 N–H and O–H groups in total. The van der Waals surface area contributed by atoms with E-state index in [-0.39, 0.29) is 5.91 Å². The maximum Gasteiger partial charge on any atom is 0.249 e. The Bertz CT molecular complexity index is 525. The van der Waals surface area contributed by atoms with Gasteiger partial charge in [0.1, 0.15) is 6.10 Å². The lowest BCUT2D eigenvalue weighted by molar-refractivity contribution is -0.131. The summed E-state index contributed by atoms with van der Waals surface area (Å²) in [6.45, 7) is 0. The molecule has 0 bridgehead atoms. The van der Waals surface area contributed by atoms with Crippen LogP contribution in [0.2, 0.25) is 0 Å². The van der Waals surface area contributed by atoms with E-state index in [4.69, 9.17) is 0 Å². The molecule has 1 aromatic rings. The molecule has 0 radical (unpaired) electrons. The van der Waals surface area contributed by atoms with Crippen LogP contribution in [0.15, 0.2) is 24.3 Å². The Labute approximate surface area is 131 Å². The van der Waals surface area contributed by atoms with Crippen LogP contribution in [0.1, 0.15) is 55.7 Å². The first-order valence-corrected chi connectivity index (χ1v) is 8.39. The van der Waals surface area contributed by atoms with E-state index in [1.54, 1.807) is 0 Å².